The van der Waals surface area contributed by atoms with Crippen LogP contribution in [-0.4, -0.2) is 19.0 Å². The van der Waals surface area contributed by atoms with Gasteiger partial charge in [0.1, 0.15) is 5.75 Å². The van der Waals surface area contributed by atoms with Crippen LogP contribution in [0.4, 0.5) is 0 Å². The molecule has 128 valence electrons. The van der Waals surface area contributed by atoms with Crippen molar-refractivity contribution >= 4 is 72.4 Å². The average Bonchev–Trinajstić information content (AvgIpc) is 2.90. The smallest absolute Gasteiger partial charge is 0.363 e. The van der Waals surface area contributed by atoms with Crippen LogP contribution < -0.4 is 4.74 Å². The lowest BCUT2D eigenvalue weighted by Crippen LogP contribution is -2.05. The second-order valence-corrected chi connectivity index (χ2v) is 8.24. The van der Waals surface area contributed by atoms with E-state index in [1.54, 1.807) is 13.2 Å². The lowest BCUT2D eigenvalue weighted by Gasteiger charge is -2.08. The summed E-state index contributed by atoms with van der Waals surface area (Å²) in [6, 6.07) is 9.54. The molecule has 0 saturated carbocycles. The van der Waals surface area contributed by atoms with Crippen molar-refractivity contribution in [1.29, 1.82) is 0 Å². The summed E-state index contributed by atoms with van der Waals surface area (Å²) in [5.74, 6) is 0.449. The van der Waals surface area contributed by atoms with Gasteiger partial charge in [0.25, 0.3) is 0 Å². The van der Waals surface area contributed by atoms with E-state index >= 15 is 0 Å². The first-order valence-electron chi connectivity index (χ1n) is 7.21. The fourth-order valence-corrected chi connectivity index (χ4v) is 4.12. The zero-order chi connectivity index (χ0) is 18.1. The standard InChI is InChI=1S/C18H12Br2INO3/c1-9-5-10(3-4-14(9)21)17-22-15(18(23)25-17)7-11-6-12(19)8-13(20)16(11)24-2/h3-8H,1-2H3/b15-7-. The molecule has 1 aliphatic rings. The molecule has 3 rings (SSSR count). The summed E-state index contributed by atoms with van der Waals surface area (Å²) in [5, 5.41) is 0. The van der Waals surface area contributed by atoms with Gasteiger partial charge in [-0.3, -0.25) is 0 Å². The summed E-state index contributed by atoms with van der Waals surface area (Å²) in [5.41, 5.74) is 2.83. The molecule has 7 heteroatoms. The molecule has 2 aromatic carbocycles. The van der Waals surface area contributed by atoms with Gasteiger partial charge in [-0.05, 0) is 87.4 Å². The van der Waals surface area contributed by atoms with Crippen LogP contribution in [0.25, 0.3) is 6.08 Å². The second-order valence-electron chi connectivity index (χ2n) is 5.31. The highest BCUT2D eigenvalue weighted by atomic mass is 127. The number of carbonyl (C=O) groups is 1. The fraction of sp³-hybridized carbons (Fsp3) is 0.111. The summed E-state index contributed by atoms with van der Waals surface area (Å²) in [6.07, 6.45) is 1.66. The number of esters is 1. The molecule has 4 nitrogen and oxygen atoms in total. The van der Waals surface area contributed by atoms with E-state index in [9.17, 15) is 4.79 Å². The number of cyclic esters (lactones) is 1. The van der Waals surface area contributed by atoms with Gasteiger partial charge in [0.05, 0.1) is 11.6 Å². The molecule has 0 amide bonds. The van der Waals surface area contributed by atoms with Crippen molar-refractivity contribution < 1.29 is 14.3 Å². The number of ether oxygens (including phenoxy) is 2. The molecule has 0 aromatic heterocycles. The molecule has 0 saturated heterocycles. The van der Waals surface area contributed by atoms with Crippen LogP contribution in [0.1, 0.15) is 16.7 Å². The van der Waals surface area contributed by atoms with Crippen LogP contribution in [0.3, 0.4) is 0 Å². The molecule has 0 fully saturated rings. The lowest BCUT2D eigenvalue weighted by atomic mass is 10.1. The number of carbonyl (C=O) groups excluding carboxylic acids is 1. The SMILES string of the molecule is COc1c(Br)cc(Br)cc1/C=C1\N=C(c2ccc(I)c(C)c2)OC1=O. The molecule has 0 unspecified atom stereocenters. The van der Waals surface area contributed by atoms with E-state index < -0.39 is 5.97 Å². The minimum Gasteiger partial charge on any atom is -0.495 e. The Labute approximate surface area is 175 Å². The predicted molar refractivity (Wildman–Crippen MR) is 113 cm³/mol. The average molecular weight is 577 g/mol. The first-order valence-corrected chi connectivity index (χ1v) is 9.87. The maximum atomic E-state index is 12.2. The summed E-state index contributed by atoms with van der Waals surface area (Å²) in [6.45, 7) is 2.00. The van der Waals surface area contributed by atoms with Crippen LogP contribution in [0.5, 0.6) is 5.75 Å². The van der Waals surface area contributed by atoms with Gasteiger partial charge in [-0.2, -0.15) is 0 Å². The lowest BCUT2D eigenvalue weighted by molar-refractivity contribution is -0.129. The Morgan fingerprint density at radius 1 is 1.24 bits per heavy atom. The maximum Gasteiger partial charge on any atom is 0.363 e. The number of nitrogens with zero attached hydrogens (tertiary/aromatic N) is 1. The predicted octanol–water partition coefficient (Wildman–Crippen LogP) is 5.48. The topological polar surface area (TPSA) is 47.9 Å². The third-order valence-corrected chi connectivity index (χ3v) is 5.82. The van der Waals surface area contributed by atoms with Crippen molar-refractivity contribution in [3.63, 3.8) is 0 Å². The van der Waals surface area contributed by atoms with Crippen LogP contribution in [-0.2, 0) is 9.53 Å². The summed E-state index contributed by atoms with van der Waals surface area (Å²) in [4.78, 5) is 16.6. The summed E-state index contributed by atoms with van der Waals surface area (Å²) in [7, 11) is 1.58. The highest BCUT2D eigenvalue weighted by Gasteiger charge is 2.25. The molecule has 1 aliphatic heterocycles. The van der Waals surface area contributed by atoms with E-state index in [0.717, 1.165) is 29.2 Å². The maximum absolute atomic E-state index is 12.2. The van der Waals surface area contributed by atoms with Crippen molar-refractivity contribution in [3.05, 3.63) is 65.2 Å². The molecule has 0 N–H and O–H groups in total. The zero-order valence-corrected chi connectivity index (χ0v) is 18.6. The third-order valence-electron chi connectivity index (χ3n) is 3.56. The number of hydrogen-bond donors (Lipinski definition) is 0. The number of aryl methyl sites for hydroxylation is 1. The second kappa shape index (κ2) is 7.59. The van der Waals surface area contributed by atoms with Gasteiger partial charge in [0.2, 0.25) is 5.90 Å². The highest BCUT2D eigenvalue weighted by Crippen LogP contribution is 2.34. The van der Waals surface area contributed by atoms with Crippen molar-refractivity contribution in [1.82, 2.24) is 0 Å². The van der Waals surface area contributed by atoms with E-state index in [4.69, 9.17) is 9.47 Å². The Morgan fingerprint density at radius 2 is 2.00 bits per heavy atom. The van der Waals surface area contributed by atoms with E-state index in [0.29, 0.717) is 11.6 Å². The number of methoxy groups -OCH3 is 1. The van der Waals surface area contributed by atoms with E-state index in [-0.39, 0.29) is 5.70 Å². The van der Waals surface area contributed by atoms with Crippen LogP contribution in [0.15, 0.2) is 50.0 Å². The van der Waals surface area contributed by atoms with Gasteiger partial charge >= 0.3 is 5.97 Å². The third kappa shape index (κ3) is 3.98. The first-order chi connectivity index (χ1) is 11.9. The Kier molecular flexibility index (Phi) is 5.65. The molecular formula is C18H12Br2INO3. The molecule has 0 radical (unpaired) electrons. The number of hydrogen-bond acceptors (Lipinski definition) is 4. The normalized spacial score (nSPS) is 15.3. The highest BCUT2D eigenvalue weighted by molar-refractivity contribution is 14.1. The van der Waals surface area contributed by atoms with Gasteiger partial charge in [0, 0.05) is 19.2 Å². The minimum absolute atomic E-state index is 0.231. The van der Waals surface area contributed by atoms with Gasteiger partial charge in [-0.1, -0.05) is 15.9 Å². The molecule has 0 spiro atoms. The number of rotatable bonds is 3. The quantitative estimate of drug-likeness (QED) is 0.276. The van der Waals surface area contributed by atoms with Crippen molar-refractivity contribution in [2.45, 2.75) is 6.92 Å². The molecule has 1 heterocycles. The number of halogens is 3. The Hall–Kier alpha value is -1.19. The van der Waals surface area contributed by atoms with Crippen molar-refractivity contribution in [3.8, 4) is 5.75 Å². The fourth-order valence-electron chi connectivity index (χ4n) is 2.36. The van der Waals surface area contributed by atoms with E-state index in [1.807, 2.05) is 37.3 Å². The number of benzene rings is 2. The molecule has 2 aromatic rings. The molecule has 25 heavy (non-hydrogen) atoms. The van der Waals surface area contributed by atoms with Gasteiger partial charge in [0.15, 0.2) is 5.70 Å². The molecule has 0 bridgehead atoms. The minimum atomic E-state index is -0.482. The monoisotopic (exact) mass is 575 g/mol. The first kappa shape index (κ1) is 18.6. The van der Waals surface area contributed by atoms with E-state index in [2.05, 4.69) is 59.4 Å². The van der Waals surface area contributed by atoms with Crippen LogP contribution in [0.2, 0.25) is 0 Å². The largest absolute Gasteiger partial charge is 0.495 e. The molecule has 0 aliphatic carbocycles. The van der Waals surface area contributed by atoms with Crippen LogP contribution >= 0.6 is 54.5 Å². The van der Waals surface area contributed by atoms with Crippen molar-refractivity contribution in [2.24, 2.45) is 4.99 Å². The van der Waals surface area contributed by atoms with Gasteiger partial charge < -0.3 is 9.47 Å². The van der Waals surface area contributed by atoms with Gasteiger partial charge in [-0.15, -0.1) is 0 Å². The van der Waals surface area contributed by atoms with Crippen LogP contribution in [0, 0.1) is 10.5 Å². The van der Waals surface area contributed by atoms with Gasteiger partial charge in [-0.25, -0.2) is 9.79 Å². The Balaban J connectivity index is 2.03. The Morgan fingerprint density at radius 3 is 2.68 bits per heavy atom. The van der Waals surface area contributed by atoms with Crippen molar-refractivity contribution in [2.75, 3.05) is 7.11 Å². The Bertz CT molecular complexity index is 938. The van der Waals surface area contributed by atoms with E-state index in [1.165, 1.54) is 0 Å². The summed E-state index contributed by atoms with van der Waals surface area (Å²) < 4.78 is 13.5. The summed E-state index contributed by atoms with van der Waals surface area (Å²) >= 11 is 9.15. The molecule has 0 atom stereocenters. The number of aliphatic imine (C=N–C) groups is 1. The zero-order valence-electron chi connectivity index (χ0n) is 13.3. The molecular weight excluding hydrogens is 565 g/mol.